The molecule has 0 fully saturated rings. The topological polar surface area (TPSA) is 99.9 Å². The number of amides is 1. The molecule has 0 saturated carbocycles. The van der Waals surface area contributed by atoms with Gasteiger partial charge < -0.3 is 20.0 Å². The molecule has 0 saturated heterocycles. The van der Waals surface area contributed by atoms with Gasteiger partial charge in [-0.05, 0) is 36.2 Å². The number of benzene rings is 2. The molecule has 0 radical (unpaired) electrons. The van der Waals surface area contributed by atoms with Crippen LogP contribution in [0.4, 0.5) is 0 Å². The van der Waals surface area contributed by atoms with Crippen molar-refractivity contribution in [1.29, 1.82) is 0 Å². The number of carbonyl (C=O) groups is 1. The molecule has 2 aromatic carbocycles. The number of aromatic amines is 2. The molecule has 31 heavy (non-hydrogen) atoms. The molecule has 2 heterocycles. The number of aryl methyl sites for hydroxylation is 1. The van der Waals surface area contributed by atoms with E-state index in [0.717, 1.165) is 27.8 Å². The van der Waals surface area contributed by atoms with Gasteiger partial charge in [-0.3, -0.25) is 9.59 Å². The Labute approximate surface area is 179 Å². The van der Waals surface area contributed by atoms with Crippen molar-refractivity contribution in [3.05, 3.63) is 93.8 Å². The second-order valence-corrected chi connectivity index (χ2v) is 7.46. The van der Waals surface area contributed by atoms with E-state index in [1.54, 1.807) is 14.0 Å². The number of rotatable bonds is 7. The summed E-state index contributed by atoms with van der Waals surface area (Å²) in [6.07, 6.45) is 2.66. The van der Waals surface area contributed by atoms with Crippen molar-refractivity contribution in [3.8, 4) is 5.75 Å². The van der Waals surface area contributed by atoms with Crippen molar-refractivity contribution in [2.45, 2.75) is 25.8 Å². The molecule has 0 aliphatic rings. The first-order valence-corrected chi connectivity index (χ1v) is 10.1. The van der Waals surface area contributed by atoms with E-state index in [0.29, 0.717) is 17.9 Å². The number of ether oxygens (including phenoxy) is 1. The van der Waals surface area contributed by atoms with E-state index in [4.69, 9.17) is 4.74 Å². The van der Waals surface area contributed by atoms with Crippen LogP contribution in [0.25, 0.3) is 10.9 Å². The number of nitrogens with zero attached hydrogens (tertiary/aromatic N) is 1. The normalized spacial score (nSPS) is 11.9. The highest BCUT2D eigenvalue weighted by molar-refractivity contribution is 5.83. The molecule has 4 aromatic rings. The zero-order valence-corrected chi connectivity index (χ0v) is 17.4. The lowest BCUT2D eigenvalue weighted by Gasteiger charge is -2.19. The molecule has 0 unspecified atom stereocenters. The minimum Gasteiger partial charge on any atom is -0.497 e. The van der Waals surface area contributed by atoms with Crippen molar-refractivity contribution >= 4 is 16.8 Å². The Hall–Kier alpha value is -3.87. The van der Waals surface area contributed by atoms with Gasteiger partial charge in [-0.2, -0.15) is 0 Å². The third-order valence-corrected chi connectivity index (χ3v) is 5.19. The van der Waals surface area contributed by atoms with E-state index in [-0.39, 0.29) is 17.9 Å². The average molecular weight is 416 g/mol. The smallest absolute Gasteiger partial charge is 0.251 e. The minimum absolute atomic E-state index is 0.144. The van der Waals surface area contributed by atoms with Gasteiger partial charge in [-0.15, -0.1) is 0 Å². The van der Waals surface area contributed by atoms with Crippen LogP contribution < -0.4 is 15.6 Å². The third-order valence-electron chi connectivity index (χ3n) is 5.19. The second-order valence-electron chi connectivity index (χ2n) is 7.46. The van der Waals surface area contributed by atoms with E-state index >= 15 is 0 Å². The van der Waals surface area contributed by atoms with Gasteiger partial charge in [-0.25, -0.2) is 4.98 Å². The van der Waals surface area contributed by atoms with Crippen LogP contribution in [0.1, 0.15) is 28.7 Å². The molecule has 4 rings (SSSR count). The quantitative estimate of drug-likeness (QED) is 0.431. The zero-order chi connectivity index (χ0) is 21.8. The number of hydrogen-bond donors (Lipinski definition) is 3. The lowest BCUT2D eigenvalue weighted by atomic mass is 10.0. The van der Waals surface area contributed by atoms with Crippen LogP contribution >= 0.6 is 0 Å². The van der Waals surface area contributed by atoms with Crippen LogP contribution in [0.2, 0.25) is 0 Å². The molecule has 0 aliphatic carbocycles. The van der Waals surface area contributed by atoms with Crippen LogP contribution in [-0.4, -0.2) is 28.0 Å². The van der Waals surface area contributed by atoms with Crippen LogP contribution in [0.5, 0.6) is 5.75 Å². The van der Waals surface area contributed by atoms with Crippen molar-refractivity contribution in [1.82, 2.24) is 20.3 Å². The molecule has 2 aromatic heterocycles. The van der Waals surface area contributed by atoms with Gasteiger partial charge in [0.2, 0.25) is 5.91 Å². The fourth-order valence-corrected chi connectivity index (χ4v) is 3.71. The lowest BCUT2D eigenvalue weighted by Crippen LogP contribution is -2.32. The number of fused-ring (bicyclic) bond motifs is 1. The van der Waals surface area contributed by atoms with Gasteiger partial charge in [0.05, 0.1) is 25.3 Å². The van der Waals surface area contributed by atoms with Gasteiger partial charge in [0.25, 0.3) is 5.56 Å². The number of aromatic nitrogens is 3. The molecule has 1 amide bonds. The van der Waals surface area contributed by atoms with Crippen molar-refractivity contribution < 1.29 is 9.53 Å². The molecule has 1 atom stereocenters. The number of methoxy groups -OCH3 is 1. The Kier molecular flexibility index (Phi) is 5.84. The van der Waals surface area contributed by atoms with E-state index in [1.165, 1.54) is 6.07 Å². The number of carbonyl (C=O) groups excluding carboxylic acids is 1. The van der Waals surface area contributed by atoms with Crippen LogP contribution in [0.3, 0.4) is 0 Å². The van der Waals surface area contributed by atoms with E-state index < -0.39 is 6.04 Å². The van der Waals surface area contributed by atoms with E-state index in [2.05, 4.69) is 20.3 Å². The SMILES string of the molecule is COc1ccc(CC(=O)N[C@H](Cc2c[nH]c3ccccc23)c2cc(=O)[nH]c(C)n2)cc1. The summed E-state index contributed by atoms with van der Waals surface area (Å²) in [6, 6.07) is 16.4. The highest BCUT2D eigenvalue weighted by Crippen LogP contribution is 2.24. The number of para-hydroxylation sites is 1. The number of H-pyrrole nitrogens is 2. The Bertz CT molecular complexity index is 1260. The monoisotopic (exact) mass is 416 g/mol. The maximum Gasteiger partial charge on any atom is 0.251 e. The predicted molar refractivity (Wildman–Crippen MR) is 119 cm³/mol. The highest BCUT2D eigenvalue weighted by atomic mass is 16.5. The van der Waals surface area contributed by atoms with Gasteiger partial charge in [-0.1, -0.05) is 30.3 Å². The molecule has 0 bridgehead atoms. The predicted octanol–water partition coefficient (Wildman–Crippen LogP) is 3.21. The van der Waals surface area contributed by atoms with Crippen molar-refractivity contribution in [2.75, 3.05) is 7.11 Å². The molecule has 158 valence electrons. The Morgan fingerprint density at radius 2 is 1.94 bits per heavy atom. The lowest BCUT2D eigenvalue weighted by molar-refractivity contribution is -0.121. The summed E-state index contributed by atoms with van der Waals surface area (Å²) < 4.78 is 5.17. The van der Waals surface area contributed by atoms with E-state index in [1.807, 2.05) is 54.7 Å². The summed E-state index contributed by atoms with van der Waals surface area (Å²) >= 11 is 0. The van der Waals surface area contributed by atoms with Gasteiger partial charge >= 0.3 is 0 Å². The standard InChI is InChI=1S/C24H24N4O3/c1-15-26-22(13-24(30)27-15)21(12-17-14-25-20-6-4-3-5-19(17)20)28-23(29)11-16-7-9-18(31-2)10-8-16/h3-10,13-14,21,25H,11-12H2,1-2H3,(H,28,29)(H,26,27,30)/t21-/m1/s1. The molecule has 3 N–H and O–H groups in total. The molecule has 0 spiro atoms. The first-order chi connectivity index (χ1) is 15.0. The summed E-state index contributed by atoms with van der Waals surface area (Å²) in [6.45, 7) is 1.73. The van der Waals surface area contributed by atoms with Crippen molar-refractivity contribution in [2.24, 2.45) is 0 Å². The summed E-state index contributed by atoms with van der Waals surface area (Å²) in [5, 5.41) is 4.15. The second kappa shape index (κ2) is 8.87. The maximum atomic E-state index is 12.8. The summed E-state index contributed by atoms with van der Waals surface area (Å²) in [5.41, 5.74) is 3.24. The van der Waals surface area contributed by atoms with Gasteiger partial charge in [0.15, 0.2) is 0 Å². The van der Waals surface area contributed by atoms with Gasteiger partial charge in [0, 0.05) is 29.6 Å². The third kappa shape index (κ3) is 4.83. The molecular weight excluding hydrogens is 392 g/mol. The summed E-state index contributed by atoms with van der Waals surface area (Å²) in [4.78, 5) is 35.3. The maximum absolute atomic E-state index is 12.8. The number of hydrogen-bond acceptors (Lipinski definition) is 4. The largest absolute Gasteiger partial charge is 0.497 e. The number of nitrogens with one attached hydrogen (secondary N) is 3. The molecular formula is C24H24N4O3. The fraction of sp³-hybridized carbons (Fsp3) is 0.208. The zero-order valence-electron chi connectivity index (χ0n) is 17.4. The first kappa shape index (κ1) is 20.4. The summed E-state index contributed by atoms with van der Waals surface area (Å²) in [7, 11) is 1.60. The first-order valence-electron chi connectivity index (χ1n) is 10.1. The Morgan fingerprint density at radius 3 is 2.68 bits per heavy atom. The Morgan fingerprint density at radius 1 is 1.16 bits per heavy atom. The van der Waals surface area contributed by atoms with Gasteiger partial charge in [0.1, 0.15) is 11.6 Å². The van der Waals surface area contributed by atoms with Crippen LogP contribution in [0, 0.1) is 6.92 Å². The van der Waals surface area contributed by atoms with E-state index in [9.17, 15) is 9.59 Å². The highest BCUT2D eigenvalue weighted by Gasteiger charge is 2.20. The molecule has 7 heteroatoms. The summed E-state index contributed by atoms with van der Waals surface area (Å²) in [5.74, 6) is 1.11. The molecule has 0 aliphatic heterocycles. The molecule has 7 nitrogen and oxygen atoms in total. The Balaban J connectivity index is 1.60. The minimum atomic E-state index is -0.439. The van der Waals surface area contributed by atoms with Crippen LogP contribution in [0.15, 0.2) is 65.6 Å². The average Bonchev–Trinajstić information content (AvgIpc) is 3.16. The fourth-order valence-electron chi connectivity index (χ4n) is 3.71. The van der Waals surface area contributed by atoms with Crippen molar-refractivity contribution in [3.63, 3.8) is 0 Å². The van der Waals surface area contributed by atoms with Crippen LogP contribution in [-0.2, 0) is 17.6 Å².